The van der Waals surface area contributed by atoms with Crippen LogP contribution in [0.2, 0.25) is 0 Å². The van der Waals surface area contributed by atoms with Crippen LogP contribution in [0.25, 0.3) is 0 Å². The van der Waals surface area contributed by atoms with Crippen molar-refractivity contribution in [2.24, 2.45) is 11.7 Å². The molecule has 2 N–H and O–H groups in total. The second-order valence-corrected chi connectivity index (χ2v) is 3.85. The predicted molar refractivity (Wildman–Crippen MR) is 56.3 cm³/mol. The van der Waals surface area contributed by atoms with Gasteiger partial charge < -0.3 is 10.6 Å². The molecular formula is C11H20N2. The number of nitrogens with zero attached hydrogens (tertiary/aromatic N) is 1. The van der Waals surface area contributed by atoms with Crippen LogP contribution in [0.5, 0.6) is 0 Å². The van der Waals surface area contributed by atoms with E-state index in [0.717, 1.165) is 31.8 Å². The van der Waals surface area contributed by atoms with Gasteiger partial charge in [-0.1, -0.05) is 0 Å². The number of unbranched alkanes of at least 4 members (excludes halogenated alkanes) is 1. The van der Waals surface area contributed by atoms with Crippen LogP contribution in [0.15, 0.2) is 0 Å². The molecule has 0 radical (unpaired) electrons. The molecule has 0 aromatic heterocycles. The fourth-order valence-electron chi connectivity index (χ4n) is 1.95. The van der Waals surface area contributed by atoms with E-state index in [1.54, 1.807) is 0 Å². The predicted octanol–water partition coefficient (Wildman–Crippen LogP) is 1.07. The van der Waals surface area contributed by atoms with E-state index in [2.05, 4.69) is 10.8 Å². The van der Waals surface area contributed by atoms with Crippen molar-refractivity contribution in [1.29, 1.82) is 0 Å². The van der Waals surface area contributed by atoms with Crippen LogP contribution in [-0.2, 0) is 0 Å². The van der Waals surface area contributed by atoms with Gasteiger partial charge in [-0.25, -0.2) is 0 Å². The Labute approximate surface area is 81.5 Å². The van der Waals surface area contributed by atoms with Crippen molar-refractivity contribution in [3.05, 3.63) is 0 Å². The Balaban J connectivity index is 2.15. The zero-order chi connectivity index (χ0) is 9.52. The van der Waals surface area contributed by atoms with Crippen LogP contribution < -0.4 is 5.73 Å². The van der Waals surface area contributed by atoms with E-state index in [1.165, 1.54) is 25.9 Å². The molecule has 1 unspecified atom stereocenters. The van der Waals surface area contributed by atoms with Gasteiger partial charge in [-0.2, -0.15) is 0 Å². The molecule has 74 valence electrons. The first kappa shape index (κ1) is 10.6. The number of hydrogen-bond acceptors (Lipinski definition) is 2. The molecule has 1 saturated heterocycles. The van der Waals surface area contributed by atoms with Gasteiger partial charge in [0.15, 0.2) is 0 Å². The van der Waals surface area contributed by atoms with Crippen molar-refractivity contribution in [3.8, 4) is 12.3 Å². The Kier molecular flexibility index (Phi) is 4.88. The first-order chi connectivity index (χ1) is 6.36. The molecule has 1 heterocycles. The molecule has 0 spiro atoms. The van der Waals surface area contributed by atoms with Crippen LogP contribution in [-0.4, -0.2) is 31.1 Å². The molecule has 1 aliphatic heterocycles. The number of nitrogens with two attached hydrogens (primary N) is 1. The third kappa shape index (κ3) is 3.80. The molecule has 2 heteroatoms. The summed E-state index contributed by atoms with van der Waals surface area (Å²) in [6.07, 6.45) is 9.86. The molecule has 0 aromatic carbocycles. The van der Waals surface area contributed by atoms with E-state index in [9.17, 15) is 0 Å². The van der Waals surface area contributed by atoms with Gasteiger partial charge in [0.2, 0.25) is 0 Å². The molecule has 2 nitrogen and oxygen atoms in total. The molecular weight excluding hydrogens is 160 g/mol. The minimum absolute atomic E-state index is 0.722. The maximum absolute atomic E-state index is 5.66. The second kappa shape index (κ2) is 6.01. The molecule has 0 aliphatic carbocycles. The van der Waals surface area contributed by atoms with Gasteiger partial charge in [0, 0.05) is 13.0 Å². The zero-order valence-corrected chi connectivity index (χ0v) is 8.34. The minimum atomic E-state index is 0.722. The molecule has 0 amide bonds. The summed E-state index contributed by atoms with van der Waals surface area (Å²) in [6.45, 7) is 4.41. The smallest absolute Gasteiger partial charge is 0.00982 e. The van der Waals surface area contributed by atoms with Crippen LogP contribution in [0.4, 0.5) is 0 Å². The number of terminal acetylenes is 1. The maximum atomic E-state index is 5.66. The van der Waals surface area contributed by atoms with E-state index in [1.807, 2.05) is 0 Å². The lowest BCUT2D eigenvalue weighted by Crippen LogP contribution is -2.38. The van der Waals surface area contributed by atoms with Crippen molar-refractivity contribution < 1.29 is 0 Å². The Hall–Kier alpha value is -0.520. The molecule has 0 bridgehead atoms. The topological polar surface area (TPSA) is 29.3 Å². The van der Waals surface area contributed by atoms with Gasteiger partial charge in [0.1, 0.15) is 0 Å². The molecule has 1 atom stereocenters. The second-order valence-electron chi connectivity index (χ2n) is 3.85. The van der Waals surface area contributed by atoms with Crippen molar-refractivity contribution >= 4 is 0 Å². The molecule has 1 rings (SSSR count). The van der Waals surface area contributed by atoms with Gasteiger partial charge in [-0.3, -0.25) is 0 Å². The van der Waals surface area contributed by atoms with E-state index < -0.39 is 0 Å². The van der Waals surface area contributed by atoms with Crippen LogP contribution in [0, 0.1) is 18.3 Å². The van der Waals surface area contributed by atoms with Gasteiger partial charge in [-0.05, 0) is 44.8 Å². The number of hydrogen-bond donors (Lipinski definition) is 1. The normalized spacial score (nSPS) is 24.2. The van der Waals surface area contributed by atoms with E-state index in [0.29, 0.717) is 0 Å². The molecule has 1 fully saturated rings. The lowest BCUT2D eigenvalue weighted by atomic mass is 9.98. The molecule has 13 heavy (non-hydrogen) atoms. The average molecular weight is 180 g/mol. The minimum Gasteiger partial charge on any atom is -0.330 e. The quantitative estimate of drug-likeness (QED) is 0.518. The fourth-order valence-corrected chi connectivity index (χ4v) is 1.95. The Morgan fingerprint density at radius 1 is 1.54 bits per heavy atom. The highest BCUT2D eigenvalue weighted by Gasteiger charge is 2.17. The monoisotopic (exact) mass is 180 g/mol. The van der Waals surface area contributed by atoms with Gasteiger partial charge >= 0.3 is 0 Å². The van der Waals surface area contributed by atoms with Crippen molar-refractivity contribution in [3.63, 3.8) is 0 Å². The first-order valence-electron chi connectivity index (χ1n) is 5.22. The first-order valence-corrected chi connectivity index (χ1v) is 5.22. The standard InChI is InChI=1S/C11H20N2/c1-2-3-4-7-13-8-5-6-11(9-12)10-13/h1,11H,3-10,12H2. The van der Waals surface area contributed by atoms with Crippen molar-refractivity contribution in [2.45, 2.75) is 25.7 Å². The number of likely N-dealkylation sites (tertiary alicyclic amines) is 1. The summed E-state index contributed by atoms with van der Waals surface area (Å²) in [5.41, 5.74) is 5.66. The van der Waals surface area contributed by atoms with E-state index >= 15 is 0 Å². The number of rotatable bonds is 4. The average Bonchev–Trinajstić information content (AvgIpc) is 2.19. The maximum Gasteiger partial charge on any atom is 0.00982 e. The fraction of sp³-hybridized carbons (Fsp3) is 0.818. The molecule has 0 saturated carbocycles. The summed E-state index contributed by atoms with van der Waals surface area (Å²) in [5.74, 6) is 3.40. The summed E-state index contributed by atoms with van der Waals surface area (Å²) in [6, 6.07) is 0. The van der Waals surface area contributed by atoms with Crippen LogP contribution in [0.3, 0.4) is 0 Å². The highest BCUT2D eigenvalue weighted by molar-refractivity contribution is 4.84. The Bertz CT molecular complexity index is 171. The van der Waals surface area contributed by atoms with E-state index in [-0.39, 0.29) is 0 Å². The molecule has 1 aliphatic rings. The van der Waals surface area contributed by atoms with Crippen molar-refractivity contribution in [1.82, 2.24) is 4.90 Å². The summed E-state index contributed by atoms with van der Waals surface area (Å²) < 4.78 is 0. The van der Waals surface area contributed by atoms with Crippen LogP contribution >= 0.6 is 0 Å². The highest BCUT2D eigenvalue weighted by atomic mass is 15.1. The summed E-state index contributed by atoms with van der Waals surface area (Å²) >= 11 is 0. The largest absolute Gasteiger partial charge is 0.330 e. The number of piperidine rings is 1. The highest BCUT2D eigenvalue weighted by Crippen LogP contribution is 2.15. The third-order valence-corrected chi connectivity index (χ3v) is 2.73. The van der Waals surface area contributed by atoms with E-state index in [4.69, 9.17) is 12.2 Å². The summed E-state index contributed by atoms with van der Waals surface area (Å²) in [7, 11) is 0. The summed E-state index contributed by atoms with van der Waals surface area (Å²) in [5, 5.41) is 0. The Morgan fingerprint density at radius 3 is 3.08 bits per heavy atom. The summed E-state index contributed by atoms with van der Waals surface area (Å²) in [4.78, 5) is 2.50. The van der Waals surface area contributed by atoms with Gasteiger partial charge in [0.05, 0.1) is 0 Å². The SMILES string of the molecule is C#CCCCN1CCCC(CN)C1. The van der Waals surface area contributed by atoms with Gasteiger partial charge in [-0.15, -0.1) is 12.3 Å². The third-order valence-electron chi connectivity index (χ3n) is 2.73. The lowest BCUT2D eigenvalue weighted by Gasteiger charge is -2.31. The molecule has 0 aromatic rings. The van der Waals surface area contributed by atoms with Crippen molar-refractivity contribution in [2.75, 3.05) is 26.2 Å². The van der Waals surface area contributed by atoms with Gasteiger partial charge in [0.25, 0.3) is 0 Å². The lowest BCUT2D eigenvalue weighted by molar-refractivity contribution is 0.177. The Morgan fingerprint density at radius 2 is 2.38 bits per heavy atom. The van der Waals surface area contributed by atoms with Crippen LogP contribution in [0.1, 0.15) is 25.7 Å². The zero-order valence-electron chi connectivity index (χ0n) is 8.34.